The number of nitrogens with zero attached hydrogens (tertiary/aromatic N) is 1. The predicted octanol–water partition coefficient (Wildman–Crippen LogP) is 0.0464. The smallest absolute Gasteiger partial charge is 0.211 e. The van der Waals surface area contributed by atoms with Crippen molar-refractivity contribution in [3.63, 3.8) is 0 Å². The quantitative estimate of drug-likeness (QED) is 0.672. The van der Waals surface area contributed by atoms with Crippen molar-refractivity contribution >= 4 is 22.9 Å². The van der Waals surface area contributed by atoms with Crippen LogP contribution in [0.3, 0.4) is 0 Å². The molecule has 0 aromatic carbocycles. The van der Waals surface area contributed by atoms with E-state index in [9.17, 15) is 22.7 Å². The molecule has 0 amide bonds. The molecule has 0 bridgehead atoms. The van der Waals surface area contributed by atoms with E-state index in [-0.39, 0.29) is 0 Å². The van der Waals surface area contributed by atoms with Crippen LogP contribution in [0.4, 0.5) is 0 Å². The summed E-state index contributed by atoms with van der Waals surface area (Å²) in [6.45, 7) is 4.42. The summed E-state index contributed by atoms with van der Waals surface area (Å²) >= 11 is 0. The second-order valence-electron chi connectivity index (χ2n) is 4.73. The van der Waals surface area contributed by atoms with Crippen molar-refractivity contribution in [3.05, 3.63) is 0 Å². The summed E-state index contributed by atoms with van der Waals surface area (Å²) in [5.74, 6) is 0. The van der Waals surface area contributed by atoms with E-state index in [1.807, 2.05) is 0 Å². The molecule has 0 aliphatic heterocycles. The Bertz CT molecular complexity index is 422. The van der Waals surface area contributed by atoms with Gasteiger partial charge in [-0.2, -0.15) is 4.31 Å². The maximum Gasteiger partial charge on any atom is 0.211 e. The maximum atomic E-state index is 11.6. The highest BCUT2D eigenvalue weighted by Crippen LogP contribution is 2.44. The Hall–Kier alpha value is -0.230. The fourth-order valence-corrected chi connectivity index (χ4v) is 3.91. The fourth-order valence-electron chi connectivity index (χ4n) is 0.942. The molecule has 0 saturated carbocycles. The van der Waals surface area contributed by atoms with Crippen molar-refractivity contribution in [2.75, 3.05) is 19.6 Å². The van der Waals surface area contributed by atoms with E-state index < -0.39 is 34.6 Å². The molecule has 0 aliphatic rings. The van der Waals surface area contributed by atoms with Gasteiger partial charge in [-0.3, -0.25) is 4.79 Å². The fraction of sp³-hybridized carbons (Fsp3) is 0.875. The molecule has 16 heavy (non-hydrogen) atoms. The first-order valence-corrected chi connectivity index (χ1v) is 8.20. The number of carbonyl (C=O) groups excluding carboxylic acids is 1. The van der Waals surface area contributed by atoms with Crippen LogP contribution in [0, 0.1) is 5.41 Å². The van der Waals surface area contributed by atoms with Gasteiger partial charge in [-0.1, -0.05) is 20.8 Å². The lowest BCUT2D eigenvalue weighted by Crippen LogP contribution is -2.34. The summed E-state index contributed by atoms with van der Waals surface area (Å²) in [7, 11) is -6.89. The zero-order chi connectivity index (χ0) is 13.4. The monoisotopic (exact) mass is 270 g/mol. The third-order valence-corrected chi connectivity index (χ3v) is 5.44. The van der Waals surface area contributed by atoms with E-state index in [1.165, 1.54) is 20.8 Å². The van der Waals surface area contributed by atoms with Crippen molar-refractivity contribution in [1.82, 2.24) is 4.31 Å². The average Bonchev–Trinajstić information content (AvgIpc) is 1.98. The maximum absolute atomic E-state index is 11.6. The molecule has 0 fully saturated rings. The van der Waals surface area contributed by atoms with Crippen molar-refractivity contribution < 1.29 is 22.7 Å². The first-order valence-electron chi connectivity index (χ1n) is 4.55. The van der Waals surface area contributed by atoms with Crippen LogP contribution in [0.1, 0.15) is 20.8 Å². The molecular weight excluding hydrogens is 253 g/mol. The van der Waals surface area contributed by atoms with Crippen molar-refractivity contribution in [2.24, 2.45) is 5.41 Å². The topological polar surface area (TPSA) is 94.6 Å². The molecule has 8 heteroatoms. The Labute approximate surface area is 96.1 Å². The lowest BCUT2D eigenvalue weighted by atomic mass is 9.99. The third-order valence-electron chi connectivity index (χ3n) is 1.90. The molecule has 0 rings (SSSR count). The summed E-state index contributed by atoms with van der Waals surface area (Å²) in [4.78, 5) is 23.2. The summed E-state index contributed by atoms with van der Waals surface area (Å²) in [5.41, 5.74) is -1.97. The van der Waals surface area contributed by atoms with Gasteiger partial charge in [0.1, 0.15) is 0 Å². The molecule has 96 valence electrons. The Morgan fingerprint density at radius 1 is 1.38 bits per heavy atom. The van der Waals surface area contributed by atoms with Gasteiger partial charge in [0.25, 0.3) is 0 Å². The number of carbonyl (C=O) groups is 1. The van der Waals surface area contributed by atoms with Crippen LogP contribution in [-0.4, -0.2) is 37.8 Å². The van der Waals surface area contributed by atoms with Crippen LogP contribution in [0.25, 0.3) is 0 Å². The number of hydrogen-bond acceptors (Lipinski definition) is 5. The van der Waals surface area contributed by atoms with Crippen LogP contribution in [0.5, 0.6) is 0 Å². The van der Waals surface area contributed by atoms with Crippen molar-refractivity contribution in [2.45, 2.75) is 20.8 Å². The second-order valence-corrected chi connectivity index (χ2v) is 8.86. The molecule has 0 aliphatic carbocycles. The van der Waals surface area contributed by atoms with Gasteiger partial charge in [0.2, 0.25) is 10.0 Å². The zero-order valence-corrected chi connectivity index (χ0v) is 11.8. The highest BCUT2D eigenvalue weighted by Gasteiger charge is 2.32. The minimum atomic E-state index is -4.40. The standard InChI is InChI=1S/C8H18NO5PS/c1-8(2,3)7(10)15(11,12)6-9(4)16(5,13)14/h6H2,1-5H3,(H,11,12)/p-1. The lowest BCUT2D eigenvalue weighted by molar-refractivity contribution is -0.181. The highest BCUT2D eigenvalue weighted by molar-refractivity contribution is 7.89. The summed E-state index contributed by atoms with van der Waals surface area (Å²) in [6, 6.07) is 0. The van der Waals surface area contributed by atoms with Gasteiger partial charge >= 0.3 is 0 Å². The van der Waals surface area contributed by atoms with Gasteiger partial charge in [0, 0.05) is 12.5 Å². The predicted molar refractivity (Wildman–Crippen MR) is 59.5 cm³/mol. The van der Waals surface area contributed by atoms with Gasteiger partial charge in [-0.05, 0) is 0 Å². The minimum absolute atomic E-state index is 0.643. The van der Waals surface area contributed by atoms with Crippen LogP contribution in [0.2, 0.25) is 0 Å². The molecule has 0 spiro atoms. The Balaban J connectivity index is 5.00. The molecule has 0 saturated heterocycles. The Morgan fingerprint density at radius 3 is 2.00 bits per heavy atom. The van der Waals surface area contributed by atoms with E-state index in [0.717, 1.165) is 13.3 Å². The first kappa shape index (κ1) is 15.8. The largest absolute Gasteiger partial charge is 0.793 e. The third kappa shape index (κ3) is 4.33. The number of rotatable bonds is 4. The molecule has 1 unspecified atom stereocenters. The van der Waals surface area contributed by atoms with Gasteiger partial charge in [0.05, 0.1) is 19.9 Å². The summed E-state index contributed by atoms with van der Waals surface area (Å²) in [6.07, 6.45) is 0.0938. The molecule has 6 nitrogen and oxygen atoms in total. The average molecular weight is 270 g/mol. The van der Waals surface area contributed by atoms with E-state index >= 15 is 0 Å². The molecule has 0 radical (unpaired) electrons. The van der Waals surface area contributed by atoms with E-state index in [0.29, 0.717) is 4.31 Å². The molecule has 0 aromatic rings. The first-order chi connectivity index (χ1) is 6.78. The zero-order valence-electron chi connectivity index (χ0n) is 10.1. The van der Waals surface area contributed by atoms with Crippen LogP contribution in [0.15, 0.2) is 0 Å². The Morgan fingerprint density at radius 2 is 1.75 bits per heavy atom. The van der Waals surface area contributed by atoms with E-state index in [1.54, 1.807) is 0 Å². The van der Waals surface area contributed by atoms with E-state index in [2.05, 4.69) is 0 Å². The van der Waals surface area contributed by atoms with Gasteiger partial charge in [-0.25, -0.2) is 8.42 Å². The van der Waals surface area contributed by atoms with Gasteiger partial charge in [-0.15, -0.1) is 0 Å². The van der Waals surface area contributed by atoms with Crippen LogP contribution < -0.4 is 4.89 Å². The molecule has 0 heterocycles. The minimum Gasteiger partial charge on any atom is -0.793 e. The van der Waals surface area contributed by atoms with E-state index in [4.69, 9.17) is 0 Å². The molecule has 0 aromatic heterocycles. The van der Waals surface area contributed by atoms with Crippen LogP contribution in [-0.2, 0) is 19.4 Å². The molecular formula is C8H17NO5PS-. The van der Waals surface area contributed by atoms with Crippen molar-refractivity contribution in [3.8, 4) is 0 Å². The van der Waals surface area contributed by atoms with Crippen LogP contribution >= 0.6 is 7.37 Å². The molecule has 1 atom stereocenters. The van der Waals surface area contributed by atoms with Crippen molar-refractivity contribution in [1.29, 1.82) is 0 Å². The second kappa shape index (κ2) is 4.56. The Kier molecular flexibility index (Phi) is 4.50. The lowest BCUT2D eigenvalue weighted by Gasteiger charge is -2.31. The molecule has 0 N–H and O–H groups in total. The van der Waals surface area contributed by atoms with Gasteiger partial charge < -0.3 is 9.46 Å². The van der Waals surface area contributed by atoms with Gasteiger partial charge in [0.15, 0.2) is 5.52 Å². The normalized spacial score (nSPS) is 17.2. The number of sulfonamides is 1. The SMILES string of the molecule is CN(CP(=O)([O-])C(=O)C(C)(C)C)S(C)(=O)=O. The number of hydrogen-bond donors (Lipinski definition) is 0. The highest BCUT2D eigenvalue weighted by atomic mass is 32.2. The summed E-state index contributed by atoms with van der Waals surface area (Å²) in [5, 5.41) is 0. The summed E-state index contributed by atoms with van der Waals surface area (Å²) < 4.78 is 34.3.